The molecule has 2 rings (SSSR count). The van der Waals surface area contributed by atoms with E-state index in [1.54, 1.807) is 29.2 Å². The van der Waals surface area contributed by atoms with Gasteiger partial charge in [-0.05, 0) is 68.2 Å². The zero-order chi connectivity index (χ0) is 20.4. The van der Waals surface area contributed by atoms with E-state index in [2.05, 4.69) is 11.8 Å². The summed E-state index contributed by atoms with van der Waals surface area (Å²) in [6, 6.07) is 7.11. The van der Waals surface area contributed by atoms with Crippen LogP contribution in [-0.2, 0) is 0 Å². The maximum Gasteiger partial charge on any atom is 0.415 e. The van der Waals surface area contributed by atoms with Crippen LogP contribution in [-0.4, -0.2) is 71.8 Å². The molecule has 1 fully saturated rings. The van der Waals surface area contributed by atoms with Crippen LogP contribution in [0.2, 0.25) is 5.02 Å². The Morgan fingerprint density at radius 3 is 2.50 bits per heavy atom. The molecule has 1 aliphatic carbocycles. The molecule has 0 atom stereocenters. The van der Waals surface area contributed by atoms with Gasteiger partial charge >= 0.3 is 6.09 Å². The van der Waals surface area contributed by atoms with Crippen molar-refractivity contribution >= 4 is 29.5 Å². The van der Waals surface area contributed by atoms with Crippen molar-refractivity contribution in [3.8, 4) is 5.75 Å². The third kappa shape index (κ3) is 7.82. The van der Waals surface area contributed by atoms with Gasteiger partial charge in [-0.15, -0.1) is 0 Å². The highest BCUT2D eigenvalue weighted by atomic mass is 35.5. The van der Waals surface area contributed by atoms with Crippen LogP contribution in [0.4, 0.5) is 4.79 Å². The average molecular weight is 429 g/mol. The van der Waals surface area contributed by atoms with Crippen LogP contribution in [0.25, 0.3) is 0 Å². The van der Waals surface area contributed by atoms with E-state index in [-0.39, 0.29) is 18.7 Å². The Hall–Kier alpha value is -0.950. The molecule has 1 aliphatic rings. The van der Waals surface area contributed by atoms with Gasteiger partial charge in [0.15, 0.2) is 0 Å². The van der Waals surface area contributed by atoms with Gasteiger partial charge in [-0.25, -0.2) is 4.79 Å². The molecule has 0 spiro atoms. The van der Waals surface area contributed by atoms with Crippen molar-refractivity contribution in [2.45, 2.75) is 38.6 Å². The lowest BCUT2D eigenvalue weighted by molar-refractivity contribution is 0.127. The Morgan fingerprint density at radius 1 is 1.21 bits per heavy atom. The number of amides is 1. The molecule has 158 valence electrons. The van der Waals surface area contributed by atoms with Gasteiger partial charge in [0.1, 0.15) is 5.75 Å². The lowest BCUT2D eigenvalue weighted by atomic mass is 9.87. The van der Waals surface area contributed by atoms with Crippen molar-refractivity contribution in [2.75, 3.05) is 44.8 Å². The Bertz CT molecular complexity index is 580. The Kier molecular flexibility index (Phi) is 10.5. The highest BCUT2D eigenvalue weighted by molar-refractivity contribution is 7.99. The molecule has 1 saturated carbocycles. The minimum absolute atomic E-state index is 0.233. The molecule has 0 aromatic heterocycles. The minimum atomic E-state index is -0.302. The van der Waals surface area contributed by atoms with Crippen LogP contribution in [0, 0.1) is 5.92 Å². The maximum absolute atomic E-state index is 12.4. The number of ether oxygens (including phenoxy) is 1. The topological polar surface area (TPSA) is 53.0 Å². The quantitative estimate of drug-likeness (QED) is 0.560. The predicted molar refractivity (Wildman–Crippen MR) is 118 cm³/mol. The standard InChI is InChI=1S/C21H33ClN2O3S/c1-3-24(12-14-25)13-15-28-16-17-4-8-19(9-5-17)23(2)21(26)27-20-10-6-18(22)7-11-20/h6-7,10-11,17,19,25H,3-5,8-9,12-16H2,1-2H3. The molecule has 0 aliphatic heterocycles. The van der Waals surface area contributed by atoms with E-state index in [0.717, 1.165) is 57.0 Å². The van der Waals surface area contributed by atoms with Crippen LogP contribution in [0.15, 0.2) is 24.3 Å². The smallest absolute Gasteiger partial charge is 0.410 e. The zero-order valence-electron chi connectivity index (χ0n) is 17.0. The summed E-state index contributed by atoms with van der Waals surface area (Å²) in [5.74, 6) is 3.55. The monoisotopic (exact) mass is 428 g/mol. The highest BCUT2D eigenvalue weighted by Crippen LogP contribution is 2.30. The number of aliphatic hydroxyl groups excluding tert-OH is 1. The fourth-order valence-electron chi connectivity index (χ4n) is 3.54. The summed E-state index contributed by atoms with van der Waals surface area (Å²) in [4.78, 5) is 16.4. The number of thioether (sulfide) groups is 1. The number of aliphatic hydroxyl groups is 1. The summed E-state index contributed by atoms with van der Waals surface area (Å²) in [5, 5.41) is 9.66. The van der Waals surface area contributed by atoms with Gasteiger partial charge in [0.05, 0.1) is 6.61 Å². The van der Waals surface area contributed by atoms with Gasteiger partial charge in [-0.3, -0.25) is 0 Å². The summed E-state index contributed by atoms with van der Waals surface area (Å²) in [6.45, 7) is 5.16. The van der Waals surface area contributed by atoms with Crippen molar-refractivity contribution in [3.05, 3.63) is 29.3 Å². The molecule has 1 aromatic rings. The zero-order valence-corrected chi connectivity index (χ0v) is 18.6. The van der Waals surface area contributed by atoms with E-state index in [9.17, 15) is 4.79 Å². The second-order valence-corrected chi connectivity index (χ2v) is 8.93. The molecule has 7 heteroatoms. The third-order valence-electron chi connectivity index (χ3n) is 5.44. The fourth-order valence-corrected chi connectivity index (χ4v) is 4.88. The lowest BCUT2D eigenvalue weighted by Crippen LogP contribution is -2.41. The summed E-state index contributed by atoms with van der Waals surface area (Å²) < 4.78 is 5.45. The first-order chi connectivity index (χ1) is 13.5. The Labute approximate surface area is 178 Å². The molecule has 28 heavy (non-hydrogen) atoms. The van der Waals surface area contributed by atoms with Crippen LogP contribution < -0.4 is 4.74 Å². The van der Waals surface area contributed by atoms with Gasteiger partial charge in [-0.1, -0.05) is 18.5 Å². The minimum Gasteiger partial charge on any atom is -0.410 e. The SMILES string of the molecule is CCN(CCO)CCSCC1CCC(N(C)C(=O)Oc2ccc(Cl)cc2)CC1. The molecule has 0 bridgehead atoms. The van der Waals surface area contributed by atoms with E-state index < -0.39 is 0 Å². The summed E-state index contributed by atoms with van der Waals surface area (Å²) >= 11 is 7.87. The molecule has 1 aromatic carbocycles. The number of hydrogen-bond acceptors (Lipinski definition) is 5. The van der Waals surface area contributed by atoms with Crippen LogP contribution >= 0.6 is 23.4 Å². The molecule has 1 amide bonds. The summed E-state index contributed by atoms with van der Waals surface area (Å²) in [5.41, 5.74) is 0. The Balaban J connectivity index is 1.65. The summed E-state index contributed by atoms with van der Waals surface area (Å²) in [6.07, 6.45) is 4.07. The number of nitrogens with zero attached hydrogens (tertiary/aromatic N) is 2. The van der Waals surface area contributed by atoms with Crippen molar-refractivity contribution in [2.24, 2.45) is 5.92 Å². The van der Waals surface area contributed by atoms with E-state index in [1.165, 1.54) is 5.75 Å². The maximum atomic E-state index is 12.4. The third-order valence-corrected chi connectivity index (χ3v) is 6.87. The van der Waals surface area contributed by atoms with Crippen molar-refractivity contribution in [1.29, 1.82) is 0 Å². The first-order valence-electron chi connectivity index (χ1n) is 10.1. The second kappa shape index (κ2) is 12.6. The van der Waals surface area contributed by atoms with Gasteiger partial charge in [-0.2, -0.15) is 11.8 Å². The Morgan fingerprint density at radius 2 is 1.89 bits per heavy atom. The number of rotatable bonds is 10. The van der Waals surface area contributed by atoms with Gasteiger partial charge < -0.3 is 19.6 Å². The number of hydrogen-bond donors (Lipinski definition) is 1. The van der Waals surface area contributed by atoms with Gasteiger partial charge in [0, 0.05) is 37.0 Å². The number of halogens is 1. The van der Waals surface area contributed by atoms with E-state index in [1.807, 2.05) is 18.8 Å². The normalized spacial score (nSPS) is 19.6. The van der Waals surface area contributed by atoms with Crippen molar-refractivity contribution < 1.29 is 14.6 Å². The molecule has 0 radical (unpaired) electrons. The highest BCUT2D eigenvalue weighted by Gasteiger charge is 2.27. The number of likely N-dealkylation sites (N-methyl/N-ethyl adjacent to an activating group) is 1. The summed E-state index contributed by atoms with van der Waals surface area (Å²) in [7, 11) is 1.83. The number of carbonyl (C=O) groups is 1. The lowest BCUT2D eigenvalue weighted by Gasteiger charge is -2.34. The van der Waals surface area contributed by atoms with Crippen molar-refractivity contribution in [1.82, 2.24) is 9.80 Å². The van der Waals surface area contributed by atoms with Crippen molar-refractivity contribution in [3.63, 3.8) is 0 Å². The van der Waals surface area contributed by atoms with Gasteiger partial charge in [0.25, 0.3) is 0 Å². The molecule has 0 saturated heterocycles. The molecule has 0 heterocycles. The average Bonchev–Trinajstić information content (AvgIpc) is 2.71. The van der Waals surface area contributed by atoms with E-state index in [4.69, 9.17) is 21.4 Å². The number of carbonyl (C=O) groups excluding carboxylic acids is 1. The first-order valence-corrected chi connectivity index (χ1v) is 11.7. The largest absolute Gasteiger partial charge is 0.415 e. The fraction of sp³-hybridized carbons (Fsp3) is 0.667. The van der Waals surface area contributed by atoms with Crippen LogP contribution in [0.3, 0.4) is 0 Å². The van der Waals surface area contributed by atoms with E-state index in [0.29, 0.717) is 10.8 Å². The second-order valence-electron chi connectivity index (χ2n) is 7.34. The molecular weight excluding hydrogens is 396 g/mol. The van der Waals surface area contributed by atoms with Gasteiger partial charge in [0.2, 0.25) is 0 Å². The first kappa shape index (κ1) is 23.3. The predicted octanol–water partition coefficient (Wildman–Crippen LogP) is 4.38. The van der Waals surface area contributed by atoms with Crippen LogP contribution in [0.5, 0.6) is 5.75 Å². The molecule has 0 unspecified atom stereocenters. The van der Waals surface area contributed by atoms with E-state index >= 15 is 0 Å². The molecule has 5 nitrogen and oxygen atoms in total. The molecule has 1 N–H and O–H groups in total. The van der Waals surface area contributed by atoms with Crippen LogP contribution in [0.1, 0.15) is 32.6 Å². The number of benzene rings is 1. The molecular formula is C21H33ClN2O3S.